The van der Waals surface area contributed by atoms with E-state index in [1.807, 2.05) is 0 Å². The van der Waals surface area contributed by atoms with Gasteiger partial charge in [-0.1, -0.05) is 42.5 Å². The zero-order chi connectivity index (χ0) is 18.9. The predicted molar refractivity (Wildman–Crippen MR) is 93.4 cm³/mol. The van der Waals surface area contributed by atoms with E-state index in [1.165, 1.54) is 18.2 Å². The summed E-state index contributed by atoms with van der Waals surface area (Å²) in [6.45, 7) is 2.07. The SMILES string of the molecule is CCNC(=O)NC(=O)C(NNC(=O)c1ccccc1F)c1ccccc1. The van der Waals surface area contributed by atoms with Crippen LogP contribution in [0.25, 0.3) is 0 Å². The summed E-state index contributed by atoms with van der Waals surface area (Å²) in [5.74, 6) is -2.10. The highest BCUT2D eigenvalue weighted by molar-refractivity contribution is 5.98. The Hall–Kier alpha value is -3.26. The van der Waals surface area contributed by atoms with E-state index in [2.05, 4.69) is 21.5 Å². The molecule has 0 fully saturated rings. The van der Waals surface area contributed by atoms with E-state index in [0.717, 1.165) is 6.07 Å². The van der Waals surface area contributed by atoms with E-state index in [1.54, 1.807) is 37.3 Å². The van der Waals surface area contributed by atoms with Gasteiger partial charge in [0.1, 0.15) is 11.9 Å². The largest absolute Gasteiger partial charge is 0.338 e. The quantitative estimate of drug-likeness (QED) is 0.590. The van der Waals surface area contributed by atoms with Crippen molar-refractivity contribution < 1.29 is 18.8 Å². The number of hydrazine groups is 1. The molecule has 2 rings (SSSR count). The van der Waals surface area contributed by atoms with Gasteiger partial charge >= 0.3 is 6.03 Å². The summed E-state index contributed by atoms with van der Waals surface area (Å²) < 4.78 is 13.7. The number of hydrogen-bond acceptors (Lipinski definition) is 4. The fraction of sp³-hybridized carbons (Fsp3) is 0.167. The van der Waals surface area contributed by atoms with Crippen LogP contribution in [-0.4, -0.2) is 24.4 Å². The Morgan fingerprint density at radius 2 is 1.65 bits per heavy atom. The minimum Gasteiger partial charge on any atom is -0.338 e. The normalized spacial score (nSPS) is 11.3. The maximum atomic E-state index is 13.7. The van der Waals surface area contributed by atoms with Crippen LogP contribution in [0.4, 0.5) is 9.18 Å². The molecule has 26 heavy (non-hydrogen) atoms. The first-order valence-corrected chi connectivity index (χ1v) is 7.97. The molecule has 2 aromatic rings. The molecule has 4 N–H and O–H groups in total. The third-order valence-corrected chi connectivity index (χ3v) is 3.42. The van der Waals surface area contributed by atoms with Gasteiger partial charge in [0.15, 0.2) is 0 Å². The van der Waals surface area contributed by atoms with Crippen molar-refractivity contribution in [1.82, 2.24) is 21.5 Å². The lowest BCUT2D eigenvalue weighted by Crippen LogP contribution is -2.49. The number of nitrogens with one attached hydrogen (secondary N) is 4. The Morgan fingerprint density at radius 1 is 1.00 bits per heavy atom. The highest BCUT2D eigenvalue weighted by Gasteiger charge is 2.23. The Morgan fingerprint density at radius 3 is 2.31 bits per heavy atom. The summed E-state index contributed by atoms with van der Waals surface area (Å²) in [7, 11) is 0. The number of hydrogen-bond donors (Lipinski definition) is 4. The maximum Gasteiger partial charge on any atom is 0.321 e. The lowest BCUT2D eigenvalue weighted by molar-refractivity contribution is -0.122. The number of urea groups is 1. The van der Waals surface area contributed by atoms with Crippen LogP contribution in [0.3, 0.4) is 0 Å². The Bertz CT molecular complexity index is 783. The third-order valence-electron chi connectivity index (χ3n) is 3.42. The lowest BCUT2D eigenvalue weighted by atomic mass is 10.1. The van der Waals surface area contributed by atoms with Crippen LogP contribution in [0.1, 0.15) is 28.9 Å². The van der Waals surface area contributed by atoms with E-state index in [-0.39, 0.29) is 5.56 Å². The number of rotatable bonds is 6. The van der Waals surface area contributed by atoms with Gasteiger partial charge in [0, 0.05) is 6.54 Å². The molecular weight excluding hydrogens is 339 g/mol. The van der Waals surface area contributed by atoms with Gasteiger partial charge in [0.05, 0.1) is 5.56 Å². The van der Waals surface area contributed by atoms with Crippen LogP contribution < -0.4 is 21.5 Å². The number of carbonyl (C=O) groups excluding carboxylic acids is 3. The molecule has 0 saturated carbocycles. The molecule has 0 aromatic heterocycles. The number of carbonyl (C=O) groups is 3. The predicted octanol–water partition coefficient (Wildman–Crippen LogP) is 1.65. The first-order valence-electron chi connectivity index (χ1n) is 7.97. The summed E-state index contributed by atoms with van der Waals surface area (Å²) in [5.41, 5.74) is 5.20. The van der Waals surface area contributed by atoms with E-state index in [0.29, 0.717) is 12.1 Å². The minimum atomic E-state index is -1.05. The maximum absolute atomic E-state index is 13.7. The molecule has 0 heterocycles. The molecule has 7 nitrogen and oxygen atoms in total. The summed E-state index contributed by atoms with van der Waals surface area (Å²) in [6.07, 6.45) is 0. The molecule has 0 spiro atoms. The van der Waals surface area contributed by atoms with E-state index in [9.17, 15) is 18.8 Å². The second-order valence-electron chi connectivity index (χ2n) is 5.27. The van der Waals surface area contributed by atoms with Crippen LogP contribution in [0.5, 0.6) is 0 Å². The number of imide groups is 1. The van der Waals surface area contributed by atoms with Crippen molar-refractivity contribution in [3.63, 3.8) is 0 Å². The van der Waals surface area contributed by atoms with Crippen LogP contribution in [0.15, 0.2) is 54.6 Å². The van der Waals surface area contributed by atoms with Gasteiger partial charge in [-0.15, -0.1) is 0 Å². The smallest absolute Gasteiger partial charge is 0.321 e. The molecule has 1 unspecified atom stereocenters. The van der Waals surface area contributed by atoms with Crippen molar-refractivity contribution in [2.24, 2.45) is 0 Å². The second-order valence-corrected chi connectivity index (χ2v) is 5.27. The summed E-state index contributed by atoms with van der Waals surface area (Å²) in [5, 5.41) is 4.62. The summed E-state index contributed by atoms with van der Waals surface area (Å²) >= 11 is 0. The van der Waals surface area contributed by atoms with Crippen LogP contribution in [0.2, 0.25) is 0 Å². The molecular formula is C18H19FN4O3. The molecule has 8 heteroatoms. The lowest BCUT2D eigenvalue weighted by Gasteiger charge is -2.19. The number of benzene rings is 2. The Kier molecular flexibility index (Phi) is 6.81. The van der Waals surface area contributed by atoms with Gasteiger partial charge in [0.2, 0.25) is 0 Å². The molecule has 136 valence electrons. The topological polar surface area (TPSA) is 99.3 Å². The highest BCUT2D eigenvalue weighted by Crippen LogP contribution is 2.12. The third kappa shape index (κ3) is 5.12. The number of halogens is 1. The van der Waals surface area contributed by atoms with Gasteiger partial charge in [-0.3, -0.25) is 20.3 Å². The Balaban J connectivity index is 2.12. The first-order chi connectivity index (χ1) is 12.5. The van der Waals surface area contributed by atoms with Crippen molar-refractivity contribution >= 4 is 17.8 Å². The minimum absolute atomic E-state index is 0.170. The summed E-state index contributed by atoms with van der Waals surface area (Å²) in [6, 6.07) is 12.3. The van der Waals surface area contributed by atoms with Gasteiger partial charge in [0.25, 0.3) is 11.8 Å². The van der Waals surface area contributed by atoms with Gasteiger partial charge in [-0.05, 0) is 24.6 Å². The molecule has 0 radical (unpaired) electrons. The molecule has 0 aliphatic heterocycles. The molecule has 0 saturated heterocycles. The zero-order valence-electron chi connectivity index (χ0n) is 14.1. The van der Waals surface area contributed by atoms with Crippen molar-refractivity contribution in [2.45, 2.75) is 13.0 Å². The standard InChI is InChI=1S/C18H19FN4O3/c1-2-20-18(26)21-17(25)15(12-8-4-3-5-9-12)22-23-16(24)13-10-6-7-11-14(13)19/h3-11,15,22H,2H2,1H3,(H,23,24)(H2,20,21,25,26). The average Bonchev–Trinajstić information content (AvgIpc) is 2.63. The fourth-order valence-electron chi connectivity index (χ4n) is 2.18. The first kappa shape index (κ1) is 19.1. The van der Waals surface area contributed by atoms with Crippen molar-refractivity contribution in [3.05, 3.63) is 71.5 Å². The molecule has 4 amide bonds. The van der Waals surface area contributed by atoms with E-state index < -0.39 is 29.7 Å². The van der Waals surface area contributed by atoms with E-state index in [4.69, 9.17) is 0 Å². The second kappa shape index (κ2) is 9.28. The van der Waals surface area contributed by atoms with Crippen LogP contribution >= 0.6 is 0 Å². The van der Waals surface area contributed by atoms with Crippen LogP contribution in [-0.2, 0) is 4.79 Å². The molecule has 0 bridgehead atoms. The fourth-order valence-corrected chi connectivity index (χ4v) is 2.18. The molecule has 1 atom stereocenters. The molecule has 0 aliphatic carbocycles. The average molecular weight is 358 g/mol. The highest BCUT2D eigenvalue weighted by atomic mass is 19.1. The van der Waals surface area contributed by atoms with Crippen molar-refractivity contribution in [1.29, 1.82) is 0 Å². The van der Waals surface area contributed by atoms with Crippen molar-refractivity contribution in [2.75, 3.05) is 6.54 Å². The van der Waals surface area contributed by atoms with Crippen LogP contribution in [0, 0.1) is 5.82 Å². The molecule has 0 aliphatic rings. The molecule has 2 aromatic carbocycles. The summed E-state index contributed by atoms with van der Waals surface area (Å²) in [4.78, 5) is 36.1. The Labute approximate surface area is 149 Å². The van der Waals surface area contributed by atoms with Gasteiger partial charge in [-0.2, -0.15) is 0 Å². The van der Waals surface area contributed by atoms with Gasteiger partial charge in [-0.25, -0.2) is 14.6 Å². The number of amides is 4. The van der Waals surface area contributed by atoms with E-state index >= 15 is 0 Å². The van der Waals surface area contributed by atoms with Gasteiger partial charge < -0.3 is 5.32 Å². The zero-order valence-corrected chi connectivity index (χ0v) is 14.1. The monoisotopic (exact) mass is 358 g/mol. The van der Waals surface area contributed by atoms with Crippen molar-refractivity contribution in [3.8, 4) is 0 Å².